The number of hydrogen-bond acceptors (Lipinski definition) is 3. The Morgan fingerprint density at radius 3 is 2.39 bits per heavy atom. The van der Waals surface area contributed by atoms with E-state index in [4.69, 9.17) is 27.9 Å². The molecule has 1 amide bonds. The fraction of sp³-hybridized carbons (Fsp3) is 0.176. The van der Waals surface area contributed by atoms with Crippen molar-refractivity contribution in [1.29, 1.82) is 5.26 Å². The first-order valence-electron chi connectivity index (χ1n) is 6.73. The summed E-state index contributed by atoms with van der Waals surface area (Å²) in [6.45, 7) is 1.55. The van der Waals surface area contributed by atoms with Gasteiger partial charge < -0.3 is 10.1 Å². The van der Waals surface area contributed by atoms with Crippen LogP contribution in [0.2, 0.25) is 10.0 Å². The molecule has 0 radical (unpaired) electrons. The molecular weight excluding hydrogens is 335 g/mol. The number of amides is 1. The Morgan fingerprint density at radius 2 is 1.87 bits per heavy atom. The molecule has 2 rings (SSSR count). The van der Waals surface area contributed by atoms with Crippen LogP contribution in [0.4, 0.5) is 5.69 Å². The predicted molar refractivity (Wildman–Crippen MR) is 91.1 cm³/mol. The zero-order valence-electron chi connectivity index (χ0n) is 12.6. The summed E-state index contributed by atoms with van der Waals surface area (Å²) in [5, 5.41) is 13.1. The normalized spacial score (nSPS) is 12.8. The van der Waals surface area contributed by atoms with Gasteiger partial charge in [-0.15, -0.1) is 0 Å². The van der Waals surface area contributed by atoms with Crippen molar-refractivity contribution >= 4 is 34.8 Å². The van der Waals surface area contributed by atoms with E-state index in [1.165, 1.54) is 7.11 Å². The van der Waals surface area contributed by atoms with E-state index in [1.54, 1.807) is 49.4 Å². The van der Waals surface area contributed by atoms with E-state index in [9.17, 15) is 10.1 Å². The maximum atomic E-state index is 12.6. The molecule has 0 spiro atoms. The summed E-state index contributed by atoms with van der Waals surface area (Å²) in [5.41, 5.74) is -0.311. The molecule has 1 atom stereocenters. The van der Waals surface area contributed by atoms with Gasteiger partial charge in [-0.05, 0) is 42.8 Å². The zero-order chi connectivity index (χ0) is 17.0. The number of nitrogens with zero attached hydrogens (tertiary/aromatic N) is 1. The fourth-order valence-electron chi connectivity index (χ4n) is 2.03. The van der Waals surface area contributed by atoms with Gasteiger partial charge in [0.05, 0.1) is 18.2 Å². The maximum absolute atomic E-state index is 12.6. The van der Waals surface area contributed by atoms with Crippen LogP contribution in [-0.2, 0) is 10.2 Å². The van der Waals surface area contributed by atoms with Crippen molar-refractivity contribution in [2.75, 3.05) is 12.4 Å². The molecule has 0 saturated carbocycles. The van der Waals surface area contributed by atoms with Crippen molar-refractivity contribution in [2.45, 2.75) is 12.3 Å². The number of anilines is 1. The lowest BCUT2D eigenvalue weighted by atomic mass is 9.83. The van der Waals surface area contributed by atoms with Gasteiger partial charge in [0.25, 0.3) is 0 Å². The van der Waals surface area contributed by atoms with E-state index in [0.29, 0.717) is 27.0 Å². The van der Waals surface area contributed by atoms with Crippen LogP contribution >= 0.6 is 23.2 Å². The molecule has 2 aromatic rings. The van der Waals surface area contributed by atoms with Crippen LogP contribution in [0.3, 0.4) is 0 Å². The van der Waals surface area contributed by atoms with Crippen molar-refractivity contribution in [3.05, 3.63) is 58.1 Å². The lowest BCUT2D eigenvalue weighted by molar-refractivity contribution is -0.119. The van der Waals surface area contributed by atoms with Gasteiger partial charge in [-0.3, -0.25) is 4.79 Å². The fourth-order valence-corrected chi connectivity index (χ4v) is 2.41. The number of nitriles is 1. The van der Waals surface area contributed by atoms with E-state index in [-0.39, 0.29) is 0 Å². The van der Waals surface area contributed by atoms with Crippen molar-refractivity contribution in [1.82, 2.24) is 0 Å². The first-order chi connectivity index (χ1) is 10.9. The molecule has 6 heteroatoms. The van der Waals surface area contributed by atoms with E-state index >= 15 is 0 Å². The minimum absolute atomic E-state index is 0.371. The summed E-state index contributed by atoms with van der Waals surface area (Å²) in [6.07, 6.45) is 0. The van der Waals surface area contributed by atoms with Crippen LogP contribution in [0.15, 0.2) is 42.5 Å². The quantitative estimate of drug-likeness (QED) is 0.889. The molecule has 0 fully saturated rings. The maximum Gasteiger partial charge on any atom is 0.249 e. The second-order valence-electron chi connectivity index (χ2n) is 5.05. The van der Waals surface area contributed by atoms with E-state index < -0.39 is 11.3 Å². The van der Waals surface area contributed by atoms with Crippen LogP contribution in [-0.4, -0.2) is 13.0 Å². The Balaban J connectivity index is 2.28. The van der Waals surface area contributed by atoms with Crippen molar-refractivity contribution in [2.24, 2.45) is 0 Å². The summed E-state index contributed by atoms with van der Waals surface area (Å²) in [5.74, 6) is 0.0500. The molecule has 0 unspecified atom stereocenters. The molecule has 0 aliphatic rings. The molecule has 118 valence electrons. The van der Waals surface area contributed by atoms with Gasteiger partial charge in [0.1, 0.15) is 5.75 Å². The third kappa shape index (κ3) is 3.58. The molecular formula is C17H14Cl2N2O2. The average Bonchev–Trinajstić information content (AvgIpc) is 2.55. The van der Waals surface area contributed by atoms with E-state index in [2.05, 4.69) is 11.4 Å². The monoisotopic (exact) mass is 348 g/mol. The van der Waals surface area contributed by atoms with E-state index in [1.807, 2.05) is 0 Å². The number of halogens is 2. The van der Waals surface area contributed by atoms with Crippen LogP contribution in [0.1, 0.15) is 12.5 Å². The summed E-state index contributed by atoms with van der Waals surface area (Å²) >= 11 is 11.9. The average molecular weight is 349 g/mol. The number of benzene rings is 2. The molecule has 2 aromatic carbocycles. The third-order valence-corrected chi connectivity index (χ3v) is 4.06. The summed E-state index contributed by atoms with van der Waals surface area (Å²) < 4.78 is 5.06. The number of nitrogens with one attached hydrogen (secondary N) is 1. The molecule has 0 aliphatic heterocycles. The van der Waals surface area contributed by atoms with Crippen molar-refractivity contribution < 1.29 is 9.53 Å². The Morgan fingerprint density at radius 1 is 1.22 bits per heavy atom. The lowest BCUT2D eigenvalue weighted by Crippen LogP contribution is -2.36. The third-order valence-electron chi connectivity index (χ3n) is 3.51. The Kier molecular flexibility index (Phi) is 5.15. The Labute approximate surface area is 144 Å². The van der Waals surface area contributed by atoms with Crippen molar-refractivity contribution in [3.8, 4) is 11.8 Å². The summed E-state index contributed by atoms with van der Waals surface area (Å²) in [6, 6.07) is 13.5. The minimum atomic E-state index is -1.35. The molecule has 23 heavy (non-hydrogen) atoms. The number of rotatable bonds is 4. The molecule has 0 saturated heterocycles. The van der Waals surface area contributed by atoms with Crippen LogP contribution < -0.4 is 10.1 Å². The van der Waals surface area contributed by atoms with Gasteiger partial charge in [0.2, 0.25) is 5.91 Å². The van der Waals surface area contributed by atoms with Gasteiger partial charge in [-0.25, -0.2) is 0 Å². The number of methoxy groups -OCH3 is 1. The first kappa shape index (κ1) is 17.1. The van der Waals surface area contributed by atoms with Crippen molar-refractivity contribution in [3.63, 3.8) is 0 Å². The molecule has 0 aromatic heterocycles. The lowest BCUT2D eigenvalue weighted by Gasteiger charge is -2.21. The highest BCUT2D eigenvalue weighted by atomic mass is 35.5. The molecule has 0 bridgehead atoms. The summed E-state index contributed by atoms with van der Waals surface area (Å²) in [4.78, 5) is 12.6. The molecule has 0 aliphatic carbocycles. The second kappa shape index (κ2) is 6.91. The molecule has 0 heterocycles. The minimum Gasteiger partial charge on any atom is -0.495 e. The molecule has 1 N–H and O–H groups in total. The number of carbonyl (C=O) groups is 1. The SMILES string of the molecule is COc1ccc(NC(=O)[C@@](C)(C#N)c2ccc(Cl)cc2)cc1Cl. The summed E-state index contributed by atoms with van der Waals surface area (Å²) in [7, 11) is 1.51. The Hall–Kier alpha value is -2.22. The van der Waals surface area contributed by atoms with Crippen LogP contribution in [0.25, 0.3) is 0 Å². The van der Waals surface area contributed by atoms with Gasteiger partial charge >= 0.3 is 0 Å². The van der Waals surface area contributed by atoms with Crippen LogP contribution in [0, 0.1) is 11.3 Å². The standard InChI is InChI=1S/C17H14Cl2N2O2/c1-17(10-20,11-3-5-12(18)6-4-11)16(22)21-13-7-8-15(23-2)14(19)9-13/h3-9H,1-2H3,(H,21,22)/t17-/m0/s1. The number of ether oxygens (including phenoxy) is 1. The van der Waals surface area contributed by atoms with Crippen LogP contribution in [0.5, 0.6) is 5.75 Å². The number of hydrogen-bond donors (Lipinski definition) is 1. The largest absolute Gasteiger partial charge is 0.495 e. The first-order valence-corrected chi connectivity index (χ1v) is 7.48. The number of carbonyl (C=O) groups excluding carboxylic acids is 1. The highest BCUT2D eigenvalue weighted by molar-refractivity contribution is 6.32. The predicted octanol–water partition coefficient (Wildman–Crippen LogP) is 4.42. The Bertz CT molecular complexity index is 769. The van der Waals surface area contributed by atoms with Gasteiger partial charge in [0, 0.05) is 10.7 Å². The van der Waals surface area contributed by atoms with E-state index in [0.717, 1.165) is 0 Å². The smallest absolute Gasteiger partial charge is 0.249 e. The van der Waals surface area contributed by atoms with Gasteiger partial charge in [0.15, 0.2) is 5.41 Å². The van der Waals surface area contributed by atoms with Gasteiger partial charge in [-0.2, -0.15) is 5.26 Å². The highest BCUT2D eigenvalue weighted by Gasteiger charge is 2.35. The molecule has 4 nitrogen and oxygen atoms in total. The highest BCUT2D eigenvalue weighted by Crippen LogP contribution is 2.30. The zero-order valence-corrected chi connectivity index (χ0v) is 14.1. The second-order valence-corrected chi connectivity index (χ2v) is 5.89. The van der Waals surface area contributed by atoms with Gasteiger partial charge in [-0.1, -0.05) is 35.3 Å². The topological polar surface area (TPSA) is 62.1 Å².